The van der Waals surface area contributed by atoms with E-state index >= 15 is 0 Å². The molecule has 1 aromatic heterocycles. The third-order valence-corrected chi connectivity index (χ3v) is 3.10. The molecule has 17 heavy (non-hydrogen) atoms. The first kappa shape index (κ1) is 12.1. The van der Waals surface area contributed by atoms with Crippen molar-refractivity contribution in [1.29, 1.82) is 0 Å². The van der Waals surface area contributed by atoms with Crippen LogP contribution in [-0.4, -0.2) is 26.6 Å². The molecule has 0 aliphatic heterocycles. The summed E-state index contributed by atoms with van der Waals surface area (Å²) in [6.45, 7) is 6.21. The van der Waals surface area contributed by atoms with Crippen LogP contribution in [0, 0.1) is 6.92 Å². The largest absolute Gasteiger partial charge is 0.351 e. The first-order valence-corrected chi connectivity index (χ1v) is 6.32. The zero-order valence-corrected chi connectivity index (χ0v) is 11.1. The van der Waals surface area contributed by atoms with Gasteiger partial charge in [0.15, 0.2) is 0 Å². The van der Waals surface area contributed by atoms with E-state index in [2.05, 4.69) is 34.1 Å². The summed E-state index contributed by atoms with van der Waals surface area (Å²) in [5.41, 5.74) is 0.759. The lowest BCUT2D eigenvalue weighted by Gasteiger charge is -2.09. The van der Waals surface area contributed by atoms with E-state index in [4.69, 9.17) is 0 Å². The van der Waals surface area contributed by atoms with E-state index in [9.17, 15) is 0 Å². The van der Waals surface area contributed by atoms with Crippen molar-refractivity contribution in [2.75, 3.05) is 5.32 Å². The number of hydrogen-bond donors (Lipinski definition) is 1. The molecule has 1 unspecified atom stereocenters. The molecular formula is C12H21N5. The Kier molecular flexibility index (Phi) is 3.45. The van der Waals surface area contributed by atoms with Crippen LogP contribution in [0.15, 0.2) is 4.99 Å². The maximum atomic E-state index is 4.60. The number of nitrogens with zero attached hydrogens (tertiary/aromatic N) is 4. The normalized spacial score (nSPS) is 18.2. The van der Waals surface area contributed by atoms with Gasteiger partial charge in [-0.25, -0.2) is 4.99 Å². The molecule has 2 rings (SSSR count). The summed E-state index contributed by atoms with van der Waals surface area (Å²) < 4.78 is 1.93. The molecule has 0 spiro atoms. The molecule has 0 bridgehead atoms. The number of aryl methyl sites for hydroxylation is 1. The third-order valence-electron chi connectivity index (χ3n) is 3.10. The second kappa shape index (κ2) is 4.85. The van der Waals surface area contributed by atoms with Gasteiger partial charge >= 0.3 is 0 Å². The zero-order chi connectivity index (χ0) is 12.4. The van der Waals surface area contributed by atoms with Gasteiger partial charge in [-0.1, -0.05) is 6.92 Å². The first-order valence-electron chi connectivity index (χ1n) is 6.32. The highest BCUT2D eigenvalue weighted by molar-refractivity contribution is 5.26. The van der Waals surface area contributed by atoms with Gasteiger partial charge in [0.2, 0.25) is 11.6 Å². The molecule has 1 atom stereocenters. The van der Waals surface area contributed by atoms with Crippen LogP contribution in [0.5, 0.6) is 0 Å². The highest BCUT2D eigenvalue weighted by Gasteiger charge is 2.22. The fraction of sp³-hybridized carbons (Fsp3) is 0.750. The molecule has 1 fully saturated rings. The second-order valence-electron chi connectivity index (χ2n) is 4.76. The minimum Gasteiger partial charge on any atom is -0.351 e. The van der Waals surface area contributed by atoms with Crippen LogP contribution in [0.1, 0.15) is 38.9 Å². The Morgan fingerprint density at radius 3 is 2.76 bits per heavy atom. The Hall–Kier alpha value is -1.39. The first-order chi connectivity index (χ1) is 8.10. The highest BCUT2D eigenvalue weighted by atomic mass is 15.2. The van der Waals surface area contributed by atoms with Gasteiger partial charge in [-0.2, -0.15) is 9.97 Å². The molecule has 94 valence electrons. The minimum absolute atomic E-state index is 0.296. The maximum absolute atomic E-state index is 4.60. The van der Waals surface area contributed by atoms with Gasteiger partial charge in [0.05, 0.1) is 6.04 Å². The SMILES string of the molecule is CCC(C)N=c1nc(NC2CC2)nc(C)n1C. The predicted molar refractivity (Wildman–Crippen MR) is 67.7 cm³/mol. The summed E-state index contributed by atoms with van der Waals surface area (Å²) in [7, 11) is 1.96. The molecule has 5 nitrogen and oxygen atoms in total. The van der Waals surface area contributed by atoms with E-state index in [0.717, 1.165) is 17.9 Å². The molecule has 1 aliphatic rings. The Balaban J connectivity index is 2.34. The van der Waals surface area contributed by atoms with Crippen molar-refractivity contribution >= 4 is 5.95 Å². The lowest BCUT2D eigenvalue weighted by Crippen LogP contribution is -2.28. The van der Waals surface area contributed by atoms with Gasteiger partial charge in [-0.15, -0.1) is 0 Å². The van der Waals surface area contributed by atoms with Crippen LogP contribution >= 0.6 is 0 Å². The third kappa shape index (κ3) is 3.05. The summed E-state index contributed by atoms with van der Waals surface area (Å²) in [6, 6.07) is 0.864. The molecule has 0 amide bonds. The lowest BCUT2D eigenvalue weighted by molar-refractivity contribution is 0.630. The summed E-state index contributed by atoms with van der Waals surface area (Å²) in [5.74, 6) is 1.65. The Morgan fingerprint density at radius 1 is 1.47 bits per heavy atom. The Bertz CT molecular complexity index is 458. The highest BCUT2D eigenvalue weighted by Crippen LogP contribution is 2.22. The number of anilines is 1. The van der Waals surface area contributed by atoms with Crippen molar-refractivity contribution in [3.8, 4) is 0 Å². The van der Waals surface area contributed by atoms with Gasteiger partial charge in [-0.05, 0) is 33.1 Å². The quantitative estimate of drug-likeness (QED) is 0.858. The average molecular weight is 235 g/mol. The Labute approximate surface area is 102 Å². The summed E-state index contributed by atoms with van der Waals surface area (Å²) in [6.07, 6.45) is 3.47. The number of nitrogens with one attached hydrogen (secondary N) is 1. The van der Waals surface area contributed by atoms with Gasteiger partial charge < -0.3 is 9.88 Å². The molecule has 1 N–H and O–H groups in total. The van der Waals surface area contributed by atoms with Gasteiger partial charge in [0.25, 0.3) is 0 Å². The molecule has 0 aromatic carbocycles. The smallest absolute Gasteiger partial charge is 0.229 e. The van der Waals surface area contributed by atoms with Gasteiger partial charge in [0.1, 0.15) is 5.82 Å². The minimum atomic E-state index is 0.296. The molecule has 0 saturated heterocycles. The number of rotatable bonds is 4. The number of aromatic nitrogens is 3. The van der Waals surface area contributed by atoms with Crippen LogP contribution < -0.4 is 10.9 Å². The zero-order valence-electron chi connectivity index (χ0n) is 11.1. The van der Waals surface area contributed by atoms with Crippen LogP contribution in [0.4, 0.5) is 5.95 Å². The van der Waals surface area contributed by atoms with Crippen LogP contribution in [-0.2, 0) is 7.05 Å². The summed E-state index contributed by atoms with van der Waals surface area (Å²) in [4.78, 5) is 13.5. The van der Waals surface area contributed by atoms with Crippen molar-refractivity contribution < 1.29 is 0 Å². The molecule has 1 saturated carbocycles. The van der Waals surface area contributed by atoms with E-state index in [1.807, 2.05) is 18.5 Å². The average Bonchev–Trinajstić information content (AvgIpc) is 3.09. The van der Waals surface area contributed by atoms with E-state index in [1.54, 1.807) is 0 Å². The van der Waals surface area contributed by atoms with Crippen LogP contribution in [0.25, 0.3) is 0 Å². The van der Waals surface area contributed by atoms with Crippen molar-refractivity contribution in [3.63, 3.8) is 0 Å². The molecule has 5 heteroatoms. The van der Waals surface area contributed by atoms with Crippen molar-refractivity contribution in [2.24, 2.45) is 12.0 Å². The molecule has 1 aliphatic carbocycles. The predicted octanol–water partition coefficient (Wildman–Crippen LogP) is 1.40. The van der Waals surface area contributed by atoms with Crippen molar-refractivity contribution in [3.05, 3.63) is 11.4 Å². The van der Waals surface area contributed by atoms with E-state index in [1.165, 1.54) is 12.8 Å². The van der Waals surface area contributed by atoms with E-state index in [0.29, 0.717) is 18.0 Å². The topological polar surface area (TPSA) is 55.1 Å². The molecular weight excluding hydrogens is 214 g/mol. The second-order valence-corrected chi connectivity index (χ2v) is 4.76. The standard InChI is InChI=1S/C12H21N5/c1-5-8(2)13-12-16-11(15-10-6-7-10)14-9(3)17(12)4/h8,10H,5-7H2,1-4H3,(H,13,15,16). The number of hydrogen-bond acceptors (Lipinski definition) is 4. The summed E-state index contributed by atoms with van der Waals surface area (Å²) >= 11 is 0. The van der Waals surface area contributed by atoms with Gasteiger partial charge in [-0.3, -0.25) is 0 Å². The summed E-state index contributed by atoms with van der Waals surface area (Å²) in [5, 5.41) is 3.32. The molecule has 1 heterocycles. The van der Waals surface area contributed by atoms with Crippen LogP contribution in [0.2, 0.25) is 0 Å². The monoisotopic (exact) mass is 235 g/mol. The van der Waals surface area contributed by atoms with E-state index < -0.39 is 0 Å². The van der Waals surface area contributed by atoms with Crippen LogP contribution in [0.3, 0.4) is 0 Å². The van der Waals surface area contributed by atoms with Crippen molar-refractivity contribution in [1.82, 2.24) is 14.5 Å². The van der Waals surface area contributed by atoms with Crippen molar-refractivity contribution in [2.45, 2.75) is 52.1 Å². The molecule has 0 radical (unpaired) electrons. The lowest BCUT2D eigenvalue weighted by atomic mass is 10.3. The molecule has 1 aromatic rings. The maximum Gasteiger partial charge on any atom is 0.229 e. The Morgan fingerprint density at radius 2 is 2.18 bits per heavy atom. The van der Waals surface area contributed by atoms with Gasteiger partial charge in [0, 0.05) is 13.1 Å². The van der Waals surface area contributed by atoms with E-state index in [-0.39, 0.29) is 0 Å². The fourth-order valence-electron chi connectivity index (χ4n) is 1.45. The fourth-order valence-corrected chi connectivity index (χ4v) is 1.45.